The summed E-state index contributed by atoms with van der Waals surface area (Å²) in [6, 6.07) is 0. The highest BCUT2D eigenvalue weighted by Crippen LogP contribution is 2.29. The van der Waals surface area contributed by atoms with E-state index in [-0.39, 0.29) is 0 Å². The Kier molecular flexibility index (Phi) is 3.05. The third-order valence-corrected chi connectivity index (χ3v) is 2.80. The average molecular weight is 234 g/mol. The molecule has 0 unspecified atom stereocenters. The van der Waals surface area contributed by atoms with E-state index in [4.69, 9.17) is 27.9 Å². The summed E-state index contributed by atoms with van der Waals surface area (Å²) < 4.78 is 5.23. The van der Waals surface area contributed by atoms with Crippen molar-refractivity contribution in [2.24, 2.45) is 0 Å². The molecular formula is C8H9Cl2N3O. The number of morpholine rings is 1. The van der Waals surface area contributed by atoms with E-state index in [2.05, 4.69) is 10.2 Å². The maximum absolute atomic E-state index is 6.01. The molecule has 1 aliphatic rings. The molecule has 1 saturated heterocycles. The Labute approximate surface area is 91.8 Å². The van der Waals surface area contributed by atoms with Crippen molar-refractivity contribution in [3.8, 4) is 0 Å². The van der Waals surface area contributed by atoms with Crippen molar-refractivity contribution in [3.05, 3.63) is 16.2 Å². The molecule has 0 saturated carbocycles. The largest absolute Gasteiger partial charge is 0.378 e. The number of ether oxygens (including phenoxy) is 1. The molecule has 0 aliphatic carbocycles. The van der Waals surface area contributed by atoms with Crippen molar-refractivity contribution in [1.29, 1.82) is 0 Å². The van der Waals surface area contributed by atoms with Gasteiger partial charge in [0.25, 0.3) is 0 Å². The Bertz CT molecular complexity index is 328. The summed E-state index contributed by atoms with van der Waals surface area (Å²) in [5, 5.41) is 8.63. The molecule has 2 heterocycles. The molecular weight excluding hydrogens is 225 g/mol. The Morgan fingerprint density at radius 3 is 2.71 bits per heavy atom. The van der Waals surface area contributed by atoms with Crippen LogP contribution in [0, 0.1) is 0 Å². The van der Waals surface area contributed by atoms with E-state index >= 15 is 0 Å². The van der Waals surface area contributed by atoms with Crippen LogP contribution in [0.3, 0.4) is 0 Å². The first-order chi connectivity index (χ1) is 6.79. The van der Waals surface area contributed by atoms with Gasteiger partial charge in [-0.1, -0.05) is 23.2 Å². The Morgan fingerprint density at radius 2 is 2.00 bits per heavy atom. The number of aromatic nitrogens is 2. The van der Waals surface area contributed by atoms with Crippen LogP contribution in [0.1, 0.15) is 0 Å². The van der Waals surface area contributed by atoms with Gasteiger partial charge in [0.2, 0.25) is 0 Å². The summed E-state index contributed by atoms with van der Waals surface area (Å²) >= 11 is 11.9. The zero-order chi connectivity index (χ0) is 9.97. The minimum Gasteiger partial charge on any atom is -0.378 e. The van der Waals surface area contributed by atoms with Gasteiger partial charge in [-0.25, -0.2) is 0 Å². The van der Waals surface area contributed by atoms with E-state index < -0.39 is 0 Å². The standard InChI is InChI=1S/C8H9Cl2N3O/c9-6-5-11-12-8(7(6)10)13-1-3-14-4-2-13/h5H,1-4H2. The molecule has 76 valence electrons. The molecule has 0 aromatic carbocycles. The van der Waals surface area contributed by atoms with Gasteiger partial charge in [-0.05, 0) is 0 Å². The van der Waals surface area contributed by atoms with Gasteiger partial charge in [0.05, 0.1) is 24.4 Å². The van der Waals surface area contributed by atoms with Crippen molar-refractivity contribution in [3.63, 3.8) is 0 Å². The summed E-state index contributed by atoms with van der Waals surface area (Å²) in [5.74, 6) is 0.641. The smallest absolute Gasteiger partial charge is 0.171 e. The fourth-order valence-corrected chi connectivity index (χ4v) is 1.65. The lowest BCUT2D eigenvalue weighted by Crippen LogP contribution is -2.37. The zero-order valence-corrected chi connectivity index (χ0v) is 8.92. The monoisotopic (exact) mass is 233 g/mol. The van der Waals surface area contributed by atoms with E-state index in [1.165, 1.54) is 6.20 Å². The molecule has 0 amide bonds. The quantitative estimate of drug-likeness (QED) is 0.740. The van der Waals surface area contributed by atoms with Gasteiger partial charge in [-0.3, -0.25) is 0 Å². The Morgan fingerprint density at radius 1 is 1.29 bits per heavy atom. The molecule has 1 aromatic rings. The minimum absolute atomic E-state index is 0.433. The van der Waals surface area contributed by atoms with E-state index in [1.54, 1.807) is 0 Å². The molecule has 1 aromatic heterocycles. The maximum atomic E-state index is 6.01. The Balaban J connectivity index is 2.26. The van der Waals surface area contributed by atoms with Crippen LogP contribution in [0.25, 0.3) is 0 Å². The highest BCUT2D eigenvalue weighted by atomic mass is 35.5. The lowest BCUT2D eigenvalue weighted by Gasteiger charge is -2.27. The van der Waals surface area contributed by atoms with E-state index in [0.29, 0.717) is 29.1 Å². The first-order valence-electron chi connectivity index (χ1n) is 4.28. The van der Waals surface area contributed by atoms with Crippen LogP contribution in [0.2, 0.25) is 10.0 Å². The molecule has 0 radical (unpaired) electrons. The van der Waals surface area contributed by atoms with Gasteiger partial charge >= 0.3 is 0 Å². The lowest BCUT2D eigenvalue weighted by molar-refractivity contribution is 0.122. The summed E-state index contributed by atoms with van der Waals surface area (Å²) in [4.78, 5) is 2.02. The molecule has 0 N–H and O–H groups in total. The van der Waals surface area contributed by atoms with Crippen LogP contribution in [0.5, 0.6) is 0 Å². The number of hydrogen-bond acceptors (Lipinski definition) is 4. The van der Waals surface area contributed by atoms with Gasteiger partial charge in [0.1, 0.15) is 5.02 Å². The first-order valence-corrected chi connectivity index (χ1v) is 5.04. The number of hydrogen-bond donors (Lipinski definition) is 0. The molecule has 2 rings (SSSR count). The highest BCUT2D eigenvalue weighted by molar-refractivity contribution is 6.43. The SMILES string of the molecule is Clc1cnnc(N2CCOCC2)c1Cl. The van der Waals surface area contributed by atoms with Gasteiger partial charge < -0.3 is 9.64 Å². The fraction of sp³-hybridized carbons (Fsp3) is 0.500. The highest BCUT2D eigenvalue weighted by Gasteiger charge is 2.17. The van der Waals surface area contributed by atoms with Crippen molar-refractivity contribution >= 4 is 29.0 Å². The van der Waals surface area contributed by atoms with Crippen LogP contribution >= 0.6 is 23.2 Å². The van der Waals surface area contributed by atoms with E-state index in [0.717, 1.165) is 13.1 Å². The first kappa shape index (κ1) is 9.96. The number of nitrogens with zero attached hydrogens (tertiary/aromatic N) is 3. The summed E-state index contributed by atoms with van der Waals surface area (Å²) in [5.41, 5.74) is 0. The fourth-order valence-electron chi connectivity index (χ4n) is 1.32. The predicted octanol–water partition coefficient (Wildman–Crippen LogP) is 1.62. The van der Waals surface area contributed by atoms with Crippen LogP contribution in [0.15, 0.2) is 6.20 Å². The number of anilines is 1. The van der Waals surface area contributed by atoms with Gasteiger partial charge in [0, 0.05) is 13.1 Å². The topological polar surface area (TPSA) is 38.2 Å². The molecule has 0 bridgehead atoms. The van der Waals surface area contributed by atoms with Gasteiger partial charge in [-0.2, -0.15) is 5.10 Å². The third-order valence-electron chi connectivity index (χ3n) is 2.04. The molecule has 1 aliphatic heterocycles. The molecule has 0 atom stereocenters. The van der Waals surface area contributed by atoms with E-state index in [9.17, 15) is 0 Å². The van der Waals surface area contributed by atoms with Crippen molar-refractivity contribution < 1.29 is 4.74 Å². The van der Waals surface area contributed by atoms with Crippen LogP contribution in [-0.2, 0) is 4.74 Å². The van der Waals surface area contributed by atoms with Gasteiger partial charge in [-0.15, -0.1) is 5.10 Å². The zero-order valence-electron chi connectivity index (χ0n) is 7.41. The second-order valence-electron chi connectivity index (χ2n) is 2.93. The predicted molar refractivity (Wildman–Crippen MR) is 55.1 cm³/mol. The minimum atomic E-state index is 0.433. The molecule has 14 heavy (non-hydrogen) atoms. The van der Waals surface area contributed by atoms with Crippen LogP contribution in [0.4, 0.5) is 5.82 Å². The van der Waals surface area contributed by atoms with E-state index in [1.807, 2.05) is 4.90 Å². The average Bonchev–Trinajstić information content (AvgIpc) is 2.23. The summed E-state index contributed by atoms with van der Waals surface area (Å²) in [6.45, 7) is 2.92. The second kappa shape index (κ2) is 4.29. The van der Waals surface area contributed by atoms with Crippen molar-refractivity contribution in [2.75, 3.05) is 31.2 Å². The molecule has 1 fully saturated rings. The number of halogens is 2. The third kappa shape index (κ3) is 1.92. The summed E-state index contributed by atoms with van der Waals surface area (Å²) in [6.07, 6.45) is 1.44. The second-order valence-corrected chi connectivity index (χ2v) is 3.71. The van der Waals surface area contributed by atoms with Crippen LogP contribution < -0.4 is 4.90 Å². The molecule has 0 spiro atoms. The Hall–Kier alpha value is -0.580. The van der Waals surface area contributed by atoms with Crippen molar-refractivity contribution in [1.82, 2.24) is 10.2 Å². The lowest BCUT2D eigenvalue weighted by atomic mass is 10.4. The normalized spacial score (nSPS) is 17.1. The summed E-state index contributed by atoms with van der Waals surface area (Å²) in [7, 11) is 0. The van der Waals surface area contributed by atoms with Gasteiger partial charge in [0.15, 0.2) is 5.82 Å². The van der Waals surface area contributed by atoms with Crippen LogP contribution in [-0.4, -0.2) is 36.5 Å². The van der Waals surface area contributed by atoms with Crippen molar-refractivity contribution in [2.45, 2.75) is 0 Å². The molecule has 6 heteroatoms. The maximum Gasteiger partial charge on any atom is 0.171 e. The number of rotatable bonds is 1. The molecule has 4 nitrogen and oxygen atoms in total.